The fourth-order valence-electron chi connectivity index (χ4n) is 3.26. The highest BCUT2D eigenvalue weighted by molar-refractivity contribution is 7.88. The Labute approximate surface area is 139 Å². The van der Waals surface area contributed by atoms with Crippen LogP contribution in [0.2, 0.25) is 0 Å². The SMILES string of the molecule is CS(=O)(=O)NC1CCN(CC(=O)NCCC2=CCCCC2)CC1. The molecule has 2 rings (SSSR count). The molecule has 0 atom stereocenters. The van der Waals surface area contributed by atoms with Crippen LogP contribution in [0.25, 0.3) is 0 Å². The first kappa shape index (κ1) is 18.4. The second-order valence-electron chi connectivity index (χ2n) is 6.65. The average molecular weight is 343 g/mol. The van der Waals surface area contributed by atoms with E-state index in [9.17, 15) is 13.2 Å². The summed E-state index contributed by atoms with van der Waals surface area (Å²) in [6.45, 7) is 2.64. The Bertz CT molecular complexity index is 523. The first-order valence-corrected chi connectivity index (χ1v) is 10.5. The van der Waals surface area contributed by atoms with Gasteiger partial charge < -0.3 is 5.32 Å². The molecule has 2 aliphatic rings. The van der Waals surface area contributed by atoms with E-state index in [0.29, 0.717) is 6.54 Å². The third-order valence-electron chi connectivity index (χ3n) is 4.49. The normalized spacial score (nSPS) is 21.0. The van der Waals surface area contributed by atoms with Gasteiger partial charge in [-0.2, -0.15) is 0 Å². The molecule has 0 radical (unpaired) electrons. The molecule has 0 spiro atoms. The molecule has 2 N–H and O–H groups in total. The van der Waals surface area contributed by atoms with Crippen molar-refractivity contribution >= 4 is 15.9 Å². The fraction of sp³-hybridized carbons (Fsp3) is 0.812. The largest absolute Gasteiger partial charge is 0.355 e. The Morgan fingerprint density at radius 1 is 1.30 bits per heavy atom. The van der Waals surface area contributed by atoms with Crippen molar-refractivity contribution in [2.24, 2.45) is 0 Å². The summed E-state index contributed by atoms with van der Waals surface area (Å²) in [4.78, 5) is 14.1. The van der Waals surface area contributed by atoms with E-state index in [1.54, 1.807) is 0 Å². The van der Waals surface area contributed by atoms with Crippen molar-refractivity contribution in [3.8, 4) is 0 Å². The average Bonchev–Trinajstić information content (AvgIpc) is 2.49. The van der Waals surface area contributed by atoms with Crippen molar-refractivity contribution in [1.82, 2.24) is 14.9 Å². The summed E-state index contributed by atoms with van der Waals surface area (Å²) in [5.74, 6) is 0.0657. The van der Waals surface area contributed by atoms with Crippen molar-refractivity contribution in [1.29, 1.82) is 0 Å². The van der Waals surface area contributed by atoms with Gasteiger partial charge in [-0.05, 0) is 44.9 Å². The number of sulfonamides is 1. The van der Waals surface area contributed by atoms with Crippen molar-refractivity contribution in [3.05, 3.63) is 11.6 Å². The molecule has 1 aliphatic heterocycles. The van der Waals surface area contributed by atoms with Gasteiger partial charge in [0.25, 0.3) is 0 Å². The lowest BCUT2D eigenvalue weighted by molar-refractivity contribution is -0.122. The molecule has 0 aromatic carbocycles. The summed E-state index contributed by atoms with van der Waals surface area (Å²) in [5, 5.41) is 2.99. The molecule has 0 aromatic heterocycles. The van der Waals surface area contributed by atoms with Crippen LogP contribution in [0, 0.1) is 0 Å². The first-order chi connectivity index (χ1) is 10.9. The molecule has 1 fully saturated rings. The number of hydrogen-bond donors (Lipinski definition) is 2. The maximum Gasteiger partial charge on any atom is 0.234 e. The Kier molecular flexibility index (Phi) is 7.05. The number of allylic oxidation sites excluding steroid dienone is 1. The van der Waals surface area contributed by atoms with Crippen molar-refractivity contribution < 1.29 is 13.2 Å². The summed E-state index contributed by atoms with van der Waals surface area (Å²) in [5.41, 5.74) is 1.48. The van der Waals surface area contributed by atoms with Gasteiger partial charge in [0.05, 0.1) is 12.8 Å². The maximum atomic E-state index is 12.0. The molecule has 0 aromatic rings. The predicted molar refractivity (Wildman–Crippen MR) is 91.6 cm³/mol. The van der Waals surface area contributed by atoms with Gasteiger partial charge in [-0.3, -0.25) is 9.69 Å². The zero-order valence-electron chi connectivity index (χ0n) is 14.0. The van der Waals surface area contributed by atoms with Gasteiger partial charge >= 0.3 is 0 Å². The van der Waals surface area contributed by atoms with Crippen LogP contribution in [0.4, 0.5) is 0 Å². The molecular weight excluding hydrogens is 314 g/mol. The highest BCUT2D eigenvalue weighted by Crippen LogP contribution is 2.19. The van der Waals surface area contributed by atoms with Crippen LogP contribution in [0.15, 0.2) is 11.6 Å². The van der Waals surface area contributed by atoms with Crippen molar-refractivity contribution in [2.75, 3.05) is 32.4 Å². The summed E-state index contributed by atoms with van der Waals surface area (Å²) >= 11 is 0. The molecule has 1 aliphatic carbocycles. The minimum Gasteiger partial charge on any atom is -0.355 e. The molecule has 23 heavy (non-hydrogen) atoms. The number of nitrogens with zero attached hydrogens (tertiary/aromatic N) is 1. The Balaban J connectivity index is 1.60. The second-order valence-corrected chi connectivity index (χ2v) is 8.43. The van der Waals surface area contributed by atoms with Crippen molar-refractivity contribution in [3.63, 3.8) is 0 Å². The molecule has 1 saturated heterocycles. The highest BCUT2D eigenvalue weighted by atomic mass is 32.2. The lowest BCUT2D eigenvalue weighted by atomic mass is 9.97. The quantitative estimate of drug-likeness (QED) is 0.676. The summed E-state index contributed by atoms with van der Waals surface area (Å²) in [6, 6.07) is 0.00236. The van der Waals surface area contributed by atoms with Crippen LogP contribution in [0.3, 0.4) is 0 Å². The molecule has 1 heterocycles. The van der Waals surface area contributed by atoms with Gasteiger partial charge in [-0.15, -0.1) is 0 Å². The third-order valence-corrected chi connectivity index (χ3v) is 5.25. The Morgan fingerprint density at radius 2 is 2.04 bits per heavy atom. The van der Waals surface area contributed by atoms with Crippen LogP contribution in [-0.2, 0) is 14.8 Å². The fourth-order valence-corrected chi connectivity index (χ4v) is 4.11. The molecule has 132 valence electrons. The second kappa shape index (κ2) is 8.80. The van der Waals surface area contributed by atoms with E-state index in [0.717, 1.165) is 38.9 Å². The zero-order chi connectivity index (χ0) is 16.7. The van der Waals surface area contributed by atoms with Gasteiger partial charge in [0.1, 0.15) is 0 Å². The van der Waals surface area contributed by atoms with E-state index >= 15 is 0 Å². The molecule has 1 amide bonds. The molecule has 0 bridgehead atoms. The standard InChI is InChI=1S/C16H29N3O3S/c1-23(21,22)18-15-8-11-19(12-9-15)13-16(20)17-10-7-14-5-3-2-4-6-14/h5,15,18H,2-4,6-13H2,1H3,(H,17,20). The van der Waals surface area contributed by atoms with Gasteiger partial charge in [0, 0.05) is 25.7 Å². The molecule has 6 nitrogen and oxygen atoms in total. The number of piperidine rings is 1. The smallest absolute Gasteiger partial charge is 0.234 e. The van der Waals surface area contributed by atoms with Crippen LogP contribution in [-0.4, -0.2) is 57.7 Å². The maximum absolute atomic E-state index is 12.0. The predicted octanol–water partition coefficient (Wildman–Crippen LogP) is 1.01. The topological polar surface area (TPSA) is 78.5 Å². The van der Waals surface area contributed by atoms with Gasteiger partial charge in [0.15, 0.2) is 0 Å². The zero-order valence-corrected chi connectivity index (χ0v) is 14.8. The van der Waals surface area contributed by atoms with Crippen LogP contribution < -0.4 is 10.0 Å². The third kappa shape index (κ3) is 7.46. The number of nitrogens with one attached hydrogen (secondary N) is 2. The van der Waals surface area contributed by atoms with E-state index in [1.807, 2.05) is 0 Å². The number of likely N-dealkylation sites (tertiary alicyclic amines) is 1. The Morgan fingerprint density at radius 3 is 2.65 bits per heavy atom. The minimum atomic E-state index is -3.14. The van der Waals surface area contributed by atoms with E-state index in [1.165, 1.54) is 37.5 Å². The summed E-state index contributed by atoms with van der Waals surface area (Å²) < 4.78 is 25.1. The number of carbonyl (C=O) groups excluding carboxylic acids is 1. The van der Waals surface area contributed by atoms with Crippen LogP contribution >= 0.6 is 0 Å². The van der Waals surface area contributed by atoms with Crippen LogP contribution in [0.5, 0.6) is 0 Å². The van der Waals surface area contributed by atoms with Gasteiger partial charge in [-0.1, -0.05) is 11.6 Å². The lowest BCUT2D eigenvalue weighted by Gasteiger charge is -2.31. The monoisotopic (exact) mass is 343 g/mol. The summed E-state index contributed by atoms with van der Waals surface area (Å²) in [6.07, 6.45) is 10.9. The first-order valence-electron chi connectivity index (χ1n) is 8.56. The Hall–Kier alpha value is -0.920. The number of carbonyl (C=O) groups is 1. The minimum absolute atomic E-state index is 0.00236. The molecular formula is C16H29N3O3S. The van der Waals surface area contributed by atoms with E-state index in [4.69, 9.17) is 0 Å². The van der Waals surface area contributed by atoms with Crippen LogP contribution in [0.1, 0.15) is 44.9 Å². The van der Waals surface area contributed by atoms with E-state index in [-0.39, 0.29) is 11.9 Å². The highest BCUT2D eigenvalue weighted by Gasteiger charge is 2.22. The van der Waals surface area contributed by atoms with Crippen molar-refractivity contribution in [2.45, 2.75) is 51.0 Å². The van der Waals surface area contributed by atoms with E-state index in [2.05, 4.69) is 21.0 Å². The molecule has 0 saturated carbocycles. The molecule has 0 unspecified atom stereocenters. The lowest BCUT2D eigenvalue weighted by Crippen LogP contribution is -2.47. The number of amides is 1. The summed E-state index contributed by atoms with van der Waals surface area (Å²) in [7, 11) is -3.14. The number of rotatable bonds is 7. The van der Waals surface area contributed by atoms with Gasteiger partial charge in [0.2, 0.25) is 15.9 Å². The van der Waals surface area contributed by atoms with Gasteiger partial charge in [-0.25, -0.2) is 13.1 Å². The van der Waals surface area contributed by atoms with E-state index < -0.39 is 10.0 Å². The number of hydrogen-bond acceptors (Lipinski definition) is 4. The molecule has 7 heteroatoms.